The molecule has 0 saturated carbocycles. The van der Waals surface area contributed by atoms with Gasteiger partial charge in [-0.15, -0.1) is 6.42 Å². The Hall–Kier alpha value is -1.43. The van der Waals surface area contributed by atoms with Crippen molar-refractivity contribution in [2.75, 3.05) is 5.73 Å². The van der Waals surface area contributed by atoms with Crippen LogP contribution in [0.5, 0.6) is 0 Å². The maximum Gasteiger partial charge on any atom is 0.127 e. The van der Waals surface area contributed by atoms with Gasteiger partial charge in [0.05, 0.1) is 12.2 Å². The number of imidazole rings is 1. The fourth-order valence-corrected chi connectivity index (χ4v) is 1.96. The third kappa shape index (κ3) is 3.26. The second-order valence-corrected chi connectivity index (χ2v) is 4.70. The average Bonchev–Trinajstić information content (AvgIpc) is 2.59. The molecule has 2 N–H and O–H groups in total. The van der Waals surface area contributed by atoms with E-state index in [0.717, 1.165) is 30.2 Å². The Morgan fingerprint density at radius 3 is 2.65 bits per heavy atom. The fourth-order valence-electron chi connectivity index (χ4n) is 1.96. The highest BCUT2D eigenvalue weighted by Gasteiger charge is 2.15. The third-order valence-corrected chi connectivity index (χ3v) is 2.90. The fraction of sp³-hybridized carbons (Fsp3) is 0.643. The highest BCUT2D eigenvalue weighted by Crippen LogP contribution is 2.22. The highest BCUT2D eigenvalue weighted by molar-refractivity contribution is 5.39. The lowest BCUT2D eigenvalue weighted by Crippen LogP contribution is -2.07. The van der Waals surface area contributed by atoms with Gasteiger partial charge in [0.15, 0.2) is 0 Å². The summed E-state index contributed by atoms with van der Waals surface area (Å²) in [5.74, 6) is 4.76. The van der Waals surface area contributed by atoms with Gasteiger partial charge in [0.1, 0.15) is 11.6 Å². The molecule has 1 rings (SSSR count). The minimum atomic E-state index is 0.352. The molecule has 0 aliphatic carbocycles. The Kier molecular flexibility index (Phi) is 5.09. The number of terminal acetylenes is 1. The molecule has 3 nitrogen and oxygen atoms in total. The molecule has 0 aromatic carbocycles. The SMILES string of the molecule is C#CCn1c(C(C)C)nc(CCCCC)c1N. The smallest absolute Gasteiger partial charge is 0.127 e. The van der Waals surface area contributed by atoms with Gasteiger partial charge >= 0.3 is 0 Å². The predicted molar refractivity (Wildman–Crippen MR) is 72.8 cm³/mol. The molecule has 1 heterocycles. The summed E-state index contributed by atoms with van der Waals surface area (Å²) in [5.41, 5.74) is 7.13. The third-order valence-electron chi connectivity index (χ3n) is 2.90. The first-order chi connectivity index (χ1) is 8.11. The molecule has 0 aliphatic heterocycles. The van der Waals surface area contributed by atoms with E-state index in [1.807, 2.05) is 4.57 Å². The summed E-state index contributed by atoms with van der Waals surface area (Å²) >= 11 is 0. The van der Waals surface area contributed by atoms with E-state index in [2.05, 4.69) is 31.7 Å². The van der Waals surface area contributed by atoms with Crippen LogP contribution in [-0.2, 0) is 13.0 Å². The summed E-state index contributed by atoms with van der Waals surface area (Å²) < 4.78 is 1.96. The van der Waals surface area contributed by atoms with E-state index in [-0.39, 0.29) is 0 Å². The van der Waals surface area contributed by atoms with Crippen LogP contribution >= 0.6 is 0 Å². The van der Waals surface area contributed by atoms with Crippen LogP contribution in [0, 0.1) is 12.3 Å². The molecule has 3 heteroatoms. The molecule has 17 heavy (non-hydrogen) atoms. The standard InChI is InChI=1S/C14H23N3/c1-5-7-8-9-12-13(15)17(10-6-2)14(16-12)11(3)4/h2,11H,5,7-10,15H2,1,3-4H3. The van der Waals surface area contributed by atoms with Gasteiger partial charge in [-0.1, -0.05) is 39.5 Å². The minimum Gasteiger partial charge on any atom is -0.384 e. The Morgan fingerprint density at radius 1 is 1.41 bits per heavy atom. The van der Waals surface area contributed by atoms with Gasteiger partial charge in [-0.2, -0.15) is 0 Å². The van der Waals surface area contributed by atoms with Crippen molar-refractivity contribution in [2.24, 2.45) is 0 Å². The van der Waals surface area contributed by atoms with Crippen molar-refractivity contribution in [3.05, 3.63) is 11.5 Å². The van der Waals surface area contributed by atoms with Crippen molar-refractivity contribution in [2.45, 2.75) is 58.9 Å². The number of nitrogen functional groups attached to an aromatic ring is 1. The monoisotopic (exact) mass is 233 g/mol. The molecule has 0 atom stereocenters. The van der Waals surface area contributed by atoms with Crippen molar-refractivity contribution in [3.63, 3.8) is 0 Å². The van der Waals surface area contributed by atoms with Gasteiger partial charge in [0, 0.05) is 5.92 Å². The summed E-state index contributed by atoms with van der Waals surface area (Å²) in [5, 5.41) is 0. The number of hydrogen-bond acceptors (Lipinski definition) is 2. The lowest BCUT2D eigenvalue weighted by Gasteiger charge is -2.08. The number of anilines is 1. The summed E-state index contributed by atoms with van der Waals surface area (Å²) in [6, 6.07) is 0. The second kappa shape index (κ2) is 6.34. The quantitative estimate of drug-likeness (QED) is 0.606. The van der Waals surface area contributed by atoms with Crippen molar-refractivity contribution in [1.82, 2.24) is 9.55 Å². The average molecular weight is 233 g/mol. The number of nitrogens with two attached hydrogens (primary N) is 1. The Morgan fingerprint density at radius 2 is 2.12 bits per heavy atom. The van der Waals surface area contributed by atoms with E-state index in [9.17, 15) is 0 Å². The molecule has 94 valence electrons. The maximum atomic E-state index is 6.12. The van der Waals surface area contributed by atoms with Crippen LogP contribution in [0.15, 0.2) is 0 Å². The molecule has 0 radical (unpaired) electrons. The first-order valence-electron chi connectivity index (χ1n) is 6.40. The van der Waals surface area contributed by atoms with E-state index in [1.165, 1.54) is 12.8 Å². The maximum absolute atomic E-state index is 6.12. The lowest BCUT2D eigenvalue weighted by atomic mass is 10.1. The van der Waals surface area contributed by atoms with Crippen LogP contribution in [0.3, 0.4) is 0 Å². The Bertz CT molecular complexity index is 396. The van der Waals surface area contributed by atoms with Gasteiger partial charge in [0.25, 0.3) is 0 Å². The first kappa shape index (κ1) is 13.6. The largest absolute Gasteiger partial charge is 0.384 e. The van der Waals surface area contributed by atoms with Crippen molar-refractivity contribution >= 4 is 5.82 Å². The topological polar surface area (TPSA) is 43.8 Å². The molecule has 0 saturated heterocycles. The van der Waals surface area contributed by atoms with Crippen molar-refractivity contribution in [1.29, 1.82) is 0 Å². The number of rotatable bonds is 6. The number of hydrogen-bond donors (Lipinski definition) is 1. The molecule has 0 amide bonds. The Labute approximate surface area is 104 Å². The summed E-state index contributed by atoms with van der Waals surface area (Å²) in [6.07, 6.45) is 9.91. The van der Waals surface area contributed by atoms with Crippen LogP contribution in [0.2, 0.25) is 0 Å². The lowest BCUT2D eigenvalue weighted by molar-refractivity contribution is 0.686. The van der Waals surface area contributed by atoms with E-state index in [1.54, 1.807) is 0 Å². The van der Waals surface area contributed by atoms with Crippen LogP contribution < -0.4 is 5.73 Å². The molecular formula is C14H23N3. The van der Waals surface area contributed by atoms with Crippen molar-refractivity contribution in [3.8, 4) is 12.3 Å². The van der Waals surface area contributed by atoms with Gasteiger partial charge in [-0.3, -0.25) is 0 Å². The zero-order chi connectivity index (χ0) is 12.8. The predicted octanol–water partition coefficient (Wildman–Crippen LogP) is 2.95. The minimum absolute atomic E-state index is 0.352. The number of aryl methyl sites for hydroxylation is 1. The zero-order valence-corrected chi connectivity index (χ0v) is 11.2. The number of unbranched alkanes of at least 4 members (excludes halogenated alkanes) is 2. The van der Waals surface area contributed by atoms with Crippen LogP contribution in [0.1, 0.15) is 57.5 Å². The first-order valence-corrected chi connectivity index (χ1v) is 6.40. The van der Waals surface area contributed by atoms with E-state index < -0.39 is 0 Å². The molecule has 0 aliphatic rings. The number of nitrogens with zero attached hydrogens (tertiary/aromatic N) is 2. The molecule has 0 unspecified atom stereocenters. The molecule has 0 bridgehead atoms. The molecule has 0 spiro atoms. The summed E-state index contributed by atoms with van der Waals surface area (Å²) in [4.78, 5) is 4.64. The van der Waals surface area contributed by atoms with Gasteiger partial charge < -0.3 is 10.3 Å². The zero-order valence-electron chi connectivity index (χ0n) is 11.2. The normalized spacial score (nSPS) is 10.8. The summed E-state index contributed by atoms with van der Waals surface area (Å²) in [7, 11) is 0. The van der Waals surface area contributed by atoms with Crippen LogP contribution in [0.25, 0.3) is 0 Å². The van der Waals surface area contributed by atoms with Crippen molar-refractivity contribution < 1.29 is 0 Å². The summed E-state index contributed by atoms with van der Waals surface area (Å²) in [6.45, 7) is 6.94. The number of aromatic nitrogens is 2. The van der Waals surface area contributed by atoms with Crippen LogP contribution in [0.4, 0.5) is 5.82 Å². The Balaban J connectivity index is 2.92. The molecule has 1 aromatic heterocycles. The molecule has 0 fully saturated rings. The van der Waals surface area contributed by atoms with Gasteiger partial charge in [-0.25, -0.2) is 4.98 Å². The molecule has 1 aromatic rings. The van der Waals surface area contributed by atoms with E-state index >= 15 is 0 Å². The van der Waals surface area contributed by atoms with Gasteiger partial charge in [0.2, 0.25) is 0 Å². The van der Waals surface area contributed by atoms with Crippen LogP contribution in [-0.4, -0.2) is 9.55 Å². The van der Waals surface area contributed by atoms with E-state index in [0.29, 0.717) is 12.5 Å². The van der Waals surface area contributed by atoms with Gasteiger partial charge in [-0.05, 0) is 12.8 Å². The van der Waals surface area contributed by atoms with E-state index in [4.69, 9.17) is 12.2 Å². The molecular weight excluding hydrogens is 210 g/mol. The highest BCUT2D eigenvalue weighted by atomic mass is 15.1. The second-order valence-electron chi connectivity index (χ2n) is 4.70.